The van der Waals surface area contributed by atoms with E-state index < -0.39 is 0 Å². The predicted octanol–water partition coefficient (Wildman–Crippen LogP) is 5.30. The maximum atomic E-state index is 13.4. The van der Waals surface area contributed by atoms with Crippen LogP contribution < -0.4 is 19.7 Å². The van der Waals surface area contributed by atoms with Crippen LogP contribution in [-0.4, -0.2) is 59.6 Å². The van der Waals surface area contributed by atoms with E-state index in [2.05, 4.69) is 23.4 Å². The van der Waals surface area contributed by atoms with Gasteiger partial charge in [-0.25, -0.2) is 0 Å². The summed E-state index contributed by atoms with van der Waals surface area (Å²) in [4.78, 5) is 27.7. The lowest BCUT2D eigenvalue weighted by Gasteiger charge is -2.23. The Morgan fingerprint density at radius 1 is 1.07 bits per heavy atom. The van der Waals surface area contributed by atoms with E-state index in [1.807, 2.05) is 71.2 Å². The van der Waals surface area contributed by atoms with Crippen molar-refractivity contribution >= 4 is 17.5 Å². The molecule has 3 aromatic carbocycles. The molecule has 0 bridgehead atoms. The monoisotopic (exact) mass is 596 g/mol. The number of benzene rings is 3. The van der Waals surface area contributed by atoms with E-state index >= 15 is 0 Å². The average Bonchev–Trinajstić information content (AvgIpc) is 3.38. The molecular weight excluding hydrogens is 556 g/mol. The summed E-state index contributed by atoms with van der Waals surface area (Å²) >= 11 is 0. The van der Waals surface area contributed by atoms with Crippen molar-refractivity contribution in [1.82, 2.24) is 15.1 Å². The zero-order chi connectivity index (χ0) is 30.9. The van der Waals surface area contributed by atoms with E-state index in [4.69, 9.17) is 14.6 Å². The van der Waals surface area contributed by atoms with Crippen molar-refractivity contribution in [2.75, 3.05) is 37.8 Å². The number of aromatic nitrogens is 2. The third kappa shape index (κ3) is 7.47. The number of carbonyl (C=O) groups is 2. The number of para-hydroxylation sites is 1. The van der Waals surface area contributed by atoms with Gasteiger partial charge in [0.05, 0.1) is 31.6 Å². The maximum absolute atomic E-state index is 13.4. The van der Waals surface area contributed by atoms with Crippen LogP contribution in [0.1, 0.15) is 52.7 Å². The van der Waals surface area contributed by atoms with Gasteiger partial charge >= 0.3 is 0 Å². The third-order valence-electron chi connectivity index (χ3n) is 7.80. The van der Waals surface area contributed by atoms with Crippen LogP contribution in [0.25, 0.3) is 11.1 Å². The molecule has 9 nitrogen and oxygen atoms in total. The van der Waals surface area contributed by atoms with Crippen molar-refractivity contribution in [3.63, 3.8) is 0 Å². The quantitative estimate of drug-likeness (QED) is 0.215. The Labute approximate surface area is 258 Å². The van der Waals surface area contributed by atoms with E-state index in [9.17, 15) is 9.59 Å². The maximum Gasteiger partial charge on any atom is 0.251 e. The number of aliphatic hydroxyl groups is 1. The molecule has 1 aromatic heterocycles. The fraction of sp³-hybridized carbons (Fsp3) is 0.343. The van der Waals surface area contributed by atoms with Crippen LogP contribution in [0.5, 0.6) is 11.5 Å². The average molecular weight is 597 g/mol. The van der Waals surface area contributed by atoms with Crippen LogP contribution in [0.3, 0.4) is 0 Å². The van der Waals surface area contributed by atoms with Crippen molar-refractivity contribution in [1.29, 1.82) is 0 Å². The van der Waals surface area contributed by atoms with Gasteiger partial charge in [-0.2, -0.15) is 5.10 Å². The Morgan fingerprint density at radius 2 is 1.91 bits per heavy atom. The number of nitrogens with one attached hydrogen (secondary N) is 1. The van der Waals surface area contributed by atoms with Crippen molar-refractivity contribution in [2.24, 2.45) is 0 Å². The highest BCUT2D eigenvalue weighted by Crippen LogP contribution is 2.40. The molecule has 0 unspecified atom stereocenters. The highest BCUT2D eigenvalue weighted by atomic mass is 16.5. The smallest absolute Gasteiger partial charge is 0.251 e. The molecule has 0 atom stereocenters. The van der Waals surface area contributed by atoms with Gasteiger partial charge in [-0.1, -0.05) is 36.4 Å². The fourth-order valence-corrected chi connectivity index (χ4v) is 5.28. The number of anilines is 1. The number of amides is 2. The number of nitrogens with zero attached hydrogens (tertiary/aromatic N) is 3. The van der Waals surface area contributed by atoms with Gasteiger partial charge in [0.15, 0.2) is 5.75 Å². The SMILES string of the molecule is Cc1cccc(OCCCC(=O)N2CCCOc3c(-c4cnn(Cc5cccc(C(=O)NCCCO)c5)c4)cccc32)c1C. The molecule has 0 saturated carbocycles. The third-order valence-corrected chi connectivity index (χ3v) is 7.80. The Bertz CT molecular complexity index is 1600. The van der Waals surface area contributed by atoms with Gasteiger partial charge in [0, 0.05) is 49.0 Å². The molecule has 0 radical (unpaired) electrons. The number of rotatable bonds is 12. The Balaban J connectivity index is 1.25. The Hall–Kier alpha value is -4.63. The van der Waals surface area contributed by atoms with Gasteiger partial charge in [-0.05, 0) is 74.1 Å². The van der Waals surface area contributed by atoms with Gasteiger partial charge in [-0.3, -0.25) is 14.3 Å². The van der Waals surface area contributed by atoms with Crippen molar-refractivity contribution in [3.05, 3.63) is 95.3 Å². The Morgan fingerprint density at radius 3 is 2.77 bits per heavy atom. The summed E-state index contributed by atoms with van der Waals surface area (Å²) in [7, 11) is 0. The lowest BCUT2D eigenvalue weighted by atomic mass is 10.1. The highest BCUT2D eigenvalue weighted by molar-refractivity contribution is 5.97. The van der Waals surface area contributed by atoms with Crippen LogP contribution in [-0.2, 0) is 11.3 Å². The topological polar surface area (TPSA) is 106 Å². The van der Waals surface area contributed by atoms with Gasteiger partial charge < -0.3 is 24.8 Å². The molecule has 0 fully saturated rings. The molecule has 5 rings (SSSR count). The van der Waals surface area contributed by atoms with Gasteiger partial charge in [0.1, 0.15) is 5.75 Å². The number of carbonyl (C=O) groups excluding carboxylic acids is 2. The summed E-state index contributed by atoms with van der Waals surface area (Å²) in [6.45, 7) is 6.65. The van der Waals surface area contributed by atoms with Gasteiger partial charge in [0.25, 0.3) is 5.91 Å². The molecule has 4 aromatic rings. The number of aliphatic hydroxyl groups excluding tert-OH is 1. The van der Waals surface area contributed by atoms with E-state index in [0.717, 1.165) is 40.1 Å². The fourth-order valence-electron chi connectivity index (χ4n) is 5.28. The summed E-state index contributed by atoms with van der Waals surface area (Å²) in [6, 6.07) is 19.3. The summed E-state index contributed by atoms with van der Waals surface area (Å²) in [6.07, 6.45) is 6.01. The van der Waals surface area contributed by atoms with Crippen LogP contribution >= 0.6 is 0 Å². The zero-order valence-electron chi connectivity index (χ0n) is 25.4. The summed E-state index contributed by atoms with van der Waals surface area (Å²) in [5, 5.41) is 16.3. The molecule has 1 aliphatic rings. The predicted molar refractivity (Wildman–Crippen MR) is 170 cm³/mol. The number of hydrogen-bond acceptors (Lipinski definition) is 6. The molecule has 0 aliphatic carbocycles. The first-order valence-corrected chi connectivity index (χ1v) is 15.2. The van der Waals surface area contributed by atoms with Crippen LogP contribution in [0.4, 0.5) is 5.69 Å². The molecule has 2 heterocycles. The lowest BCUT2D eigenvalue weighted by Crippen LogP contribution is -2.31. The minimum absolute atomic E-state index is 0.0378. The second-order valence-corrected chi connectivity index (χ2v) is 11.0. The number of aryl methyl sites for hydroxylation is 1. The van der Waals surface area contributed by atoms with Crippen LogP contribution in [0, 0.1) is 13.8 Å². The molecule has 2 N–H and O–H groups in total. The van der Waals surface area contributed by atoms with Gasteiger partial charge in [0.2, 0.25) is 5.91 Å². The zero-order valence-corrected chi connectivity index (χ0v) is 25.4. The second-order valence-electron chi connectivity index (χ2n) is 11.0. The first-order valence-electron chi connectivity index (χ1n) is 15.2. The first kappa shape index (κ1) is 30.8. The molecule has 44 heavy (non-hydrogen) atoms. The second kappa shape index (κ2) is 14.7. The van der Waals surface area contributed by atoms with E-state index in [1.165, 1.54) is 5.56 Å². The number of fused-ring (bicyclic) bond motifs is 1. The normalized spacial score (nSPS) is 12.7. The summed E-state index contributed by atoms with van der Waals surface area (Å²) in [5.41, 5.74) is 6.35. The van der Waals surface area contributed by atoms with E-state index in [1.54, 1.807) is 12.3 Å². The van der Waals surface area contributed by atoms with Crippen LogP contribution in [0.2, 0.25) is 0 Å². The molecule has 0 saturated heterocycles. The minimum Gasteiger partial charge on any atom is -0.493 e. The summed E-state index contributed by atoms with van der Waals surface area (Å²) in [5.74, 6) is 1.43. The highest BCUT2D eigenvalue weighted by Gasteiger charge is 2.25. The number of hydrogen-bond donors (Lipinski definition) is 2. The van der Waals surface area contributed by atoms with E-state index in [-0.39, 0.29) is 18.4 Å². The lowest BCUT2D eigenvalue weighted by molar-refractivity contribution is -0.118. The standard InChI is InChI=1S/C35H40N4O5/c1-25-9-3-14-32(26(25)2)43-19-6-15-33(41)39-17-8-20-44-34-30(12-5-13-31(34)39)29-22-37-38(24-29)23-27-10-4-11-28(21-27)35(42)36-16-7-18-40/h3-5,9-14,21-22,24,40H,6-8,15-20,23H2,1-2H3,(H,36,42). The molecule has 2 amide bonds. The largest absolute Gasteiger partial charge is 0.493 e. The minimum atomic E-state index is -0.168. The van der Waals surface area contributed by atoms with E-state index in [0.29, 0.717) is 63.4 Å². The first-order chi connectivity index (χ1) is 21.4. The molecule has 1 aliphatic heterocycles. The molecular formula is C35H40N4O5. The summed E-state index contributed by atoms with van der Waals surface area (Å²) < 4.78 is 14.0. The van der Waals surface area contributed by atoms with Crippen molar-refractivity contribution in [3.8, 4) is 22.6 Å². The number of ether oxygens (including phenoxy) is 2. The Kier molecular flexibility index (Phi) is 10.3. The van der Waals surface area contributed by atoms with Crippen molar-refractivity contribution < 1.29 is 24.2 Å². The van der Waals surface area contributed by atoms with Gasteiger partial charge in [-0.15, -0.1) is 0 Å². The molecule has 9 heteroatoms. The molecule has 0 spiro atoms. The van der Waals surface area contributed by atoms with Crippen molar-refractivity contribution in [2.45, 2.75) is 46.1 Å². The van der Waals surface area contributed by atoms with Crippen LogP contribution in [0.15, 0.2) is 73.1 Å². The molecule has 230 valence electrons.